The molecule has 0 saturated heterocycles. The van der Waals surface area contributed by atoms with Gasteiger partial charge in [0.25, 0.3) is 5.91 Å². The molecule has 0 aliphatic heterocycles. The Balaban J connectivity index is 1.80. The van der Waals surface area contributed by atoms with Gasteiger partial charge >= 0.3 is 0 Å². The van der Waals surface area contributed by atoms with Crippen LogP contribution in [0.3, 0.4) is 0 Å². The van der Waals surface area contributed by atoms with Gasteiger partial charge in [-0.25, -0.2) is 9.97 Å². The highest BCUT2D eigenvalue weighted by atomic mass is 16.5. The van der Waals surface area contributed by atoms with Crippen LogP contribution in [-0.2, 0) is 0 Å². The number of carbonyl (C=O) groups is 1. The molecule has 2 heterocycles. The lowest BCUT2D eigenvalue weighted by Crippen LogP contribution is -2.26. The van der Waals surface area contributed by atoms with Gasteiger partial charge in [0.15, 0.2) is 17.1 Å². The van der Waals surface area contributed by atoms with E-state index in [1.54, 1.807) is 18.3 Å². The minimum atomic E-state index is -0.315. The summed E-state index contributed by atoms with van der Waals surface area (Å²) in [7, 11) is 0. The number of benzene rings is 2. The second kappa shape index (κ2) is 9.78. The maximum absolute atomic E-state index is 13.1. The van der Waals surface area contributed by atoms with Gasteiger partial charge < -0.3 is 20.9 Å². The Morgan fingerprint density at radius 2 is 1.97 bits per heavy atom. The van der Waals surface area contributed by atoms with Crippen molar-refractivity contribution in [2.24, 2.45) is 11.0 Å². The number of aromatic nitrogens is 3. The van der Waals surface area contributed by atoms with E-state index in [4.69, 9.17) is 10.5 Å². The minimum Gasteiger partial charge on any atom is -0.504 e. The predicted octanol–water partition coefficient (Wildman–Crippen LogP) is 3.93. The average molecular weight is 461 g/mol. The molecule has 0 atom stereocenters. The zero-order chi connectivity index (χ0) is 24.2. The summed E-state index contributed by atoms with van der Waals surface area (Å²) in [4.78, 5) is 22.4. The van der Waals surface area contributed by atoms with Crippen LogP contribution in [0.25, 0.3) is 22.2 Å². The summed E-state index contributed by atoms with van der Waals surface area (Å²) < 4.78 is 6.86. The van der Waals surface area contributed by atoms with Crippen molar-refractivity contribution in [1.29, 1.82) is 0 Å². The second-order valence-corrected chi connectivity index (χ2v) is 8.30. The number of nitrogens with zero attached hydrogens (tertiary/aromatic N) is 4. The maximum Gasteiger partial charge on any atom is 0.257 e. The highest BCUT2D eigenvalue weighted by molar-refractivity contribution is 6.10. The quantitative estimate of drug-likeness (QED) is 0.342. The summed E-state index contributed by atoms with van der Waals surface area (Å²) in [6.07, 6.45) is 2.41. The number of hydrogen-bond donors (Lipinski definition) is 3. The van der Waals surface area contributed by atoms with E-state index in [9.17, 15) is 9.90 Å². The van der Waals surface area contributed by atoms with E-state index >= 15 is 0 Å². The fourth-order valence-electron chi connectivity index (χ4n) is 3.56. The molecular weight excluding hydrogens is 432 g/mol. The number of amides is 1. The highest BCUT2D eigenvalue weighted by Gasteiger charge is 2.24. The SMILES string of the molecule is CCOc1cc(/C=N/n2c(N)c(C(=O)NCCC(C)C)c3nc4ccccc4nc32)ccc1O. The smallest absolute Gasteiger partial charge is 0.257 e. The van der Waals surface area contributed by atoms with Gasteiger partial charge in [0.2, 0.25) is 0 Å². The van der Waals surface area contributed by atoms with E-state index in [0.717, 1.165) is 6.42 Å². The van der Waals surface area contributed by atoms with Gasteiger partial charge in [-0.2, -0.15) is 9.78 Å². The summed E-state index contributed by atoms with van der Waals surface area (Å²) in [5.41, 5.74) is 9.44. The van der Waals surface area contributed by atoms with Crippen molar-refractivity contribution < 1.29 is 14.6 Å². The second-order valence-electron chi connectivity index (χ2n) is 8.30. The van der Waals surface area contributed by atoms with Crippen LogP contribution in [0.2, 0.25) is 0 Å². The van der Waals surface area contributed by atoms with Crippen LogP contribution in [0, 0.1) is 5.92 Å². The lowest BCUT2D eigenvalue weighted by atomic mass is 10.1. The largest absolute Gasteiger partial charge is 0.504 e. The summed E-state index contributed by atoms with van der Waals surface area (Å²) in [5.74, 6) is 0.687. The molecule has 0 spiro atoms. The third kappa shape index (κ3) is 4.63. The fraction of sp³-hybridized carbons (Fsp3) is 0.280. The number of nitrogens with one attached hydrogen (secondary N) is 1. The number of hydrogen-bond acceptors (Lipinski definition) is 7. The number of para-hydroxylation sites is 2. The number of phenolic OH excluding ortho intramolecular Hbond substituents is 1. The first-order chi connectivity index (χ1) is 16.4. The van der Waals surface area contributed by atoms with Crippen molar-refractivity contribution in [2.45, 2.75) is 27.2 Å². The summed E-state index contributed by atoms with van der Waals surface area (Å²) in [6, 6.07) is 12.3. The number of anilines is 1. The Hall–Kier alpha value is -4.14. The molecule has 4 rings (SSSR count). The molecular formula is C25H28N6O3. The van der Waals surface area contributed by atoms with Gasteiger partial charge in [0.05, 0.1) is 23.9 Å². The van der Waals surface area contributed by atoms with Gasteiger partial charge in [-0.05, 0) is 55.2 Å². The molecule has 0 aliphatic rings. The molecule has 4 N–H and O–H groups in total. The van der Waals surface area contributed by atoms with Crippen LogP contribution in [0.15, 0.2) is 47.6 Å². The average Bonchev–Trinajstić information content (AvgIpc) is 3.08. The lowest BCUT2D eigenvalue weighted by Gasteiger charge is -2.07. The monoisotopic (exact) mass is 460 g/mol. The van der Waals surface area contributed by atoms with Gasteiger partial charge in [-0.1, -0.05) is 26.0 Å². The first-order valence-corrected chi connectivity index (χ1v) is 11.2. The van der Waals surface area contributed by atoms with E-state index in [2.05, 4.69) is 34.2 Å². The zero-order valence-corrected chi connectivity index (χ0v) is 19.4. The topological polar surface area (TPSA) is 128 Å². The van der Waals surface area contributed by atoms with Crippen molar-refractivity contribution in [3.63, 3.8) is 0 Å². The van der Waals surface area contributed by atoms with E-state index in [1.165, 1.54) is 10.7 Å². The summed E-state index contributed by atoms with van der Waals surface area (Å²) in [6.45, 7) is 6.98. The molecule has 0 radical (unpaired) electrons. The first-order valence-electron chi connectivity index (χ1n) is 11.2. The Morgan fingerprint density at radius 3 is 2.68 bits per heavy atom. The Bertz CT molecular complexity index is 1380. The van der Waals surface area contributed by atoms with Crippen molar-refractivity contribution in [2.75, 3.05) is 18.9 Å². The molecule has 0 saturated carbocycles. The molecule has 0 unspecified atom stereocenters. The molecule has 0 fully saturated rings. The van der Waals surface area contributed by atoms with Gasteiger partial charge in [0, 0.05) is 6.54 Å². The maximum atomic E-state index is 13.1. The lowest BCUT2D eigenvalue weighted by molar-refractivity contribution is 0.0954. The van der Waals surface area contributed by atoms with Crippen LogP contribution < -0.4 is 15.8 Å². The van der Waals surface area contributed by atoms with Crippen molar-refractivity contribution in [3.05, 3.63) is 53.6 Å². The van der Waals surface area contributed by atoms with E-state index in [0.29, 0.717) is 52.6 Å². The van der Waals surface area contributed by atoms with Gasteiger partial charge in [-0.3, -0.25) is 4.79 Å². The molecule has 1 amide bonds. The highest BCUT2D eigenvalue weighted by Crippen LogP contribution is 2.29. The standard InChI is InChI=1S/C25H28N6O3/c1-4-34-20-13-16(9-10-19(20)32)14-28-31-23(26)21(25(33)27-12-11-15(2)3)22-24(31)30-18-8-6-5-7-17(18)29-22/h5-10,13-15,32H,4,11-12,26H2,1-3H3,(H,27,33)/b28-14+. The Morgan fingerprint density at radius 1 is 1.24 bits per heavy atom. The molecule has 176 valence electrons. The van der Waals surface area contributed by atoms with Crippen LogP contribution >= 0.6 is 0 Å². The summed E-state index contributed by atoms with van der Waals surface area (Å²) >= 11 is 0. The number of nitrogens with two attached hydrogens (primary N) is 1. The van der Waals surface area contributed by atoms with Crippen molar-refractivity contribution >= 4 is 40.1 Å². The van der Waals surface area contributed by atoms with Crippen LogP contribution in [0.5, 0.6) is 11.5 Å². The van der Waals surface area contributed by atoms with Crippen LogP contribution in [0.1, 0.15) is 43.1 Å². The van der Waals surface area contributed by atoms with Crippen LogP contribution in [0.4, 0.5) is 5.82 Å². The number of phenols is 1. The fourth-order valence-corrected chi connectivity index (χ4v) is 3.56. The minimum absolute atomic E-state index is 0.0441. The van der Waals surface area contributed by atoms with E-state index in [1.807, 2.05) is 31.2 Å². The predicted molar refractivity (Wildman–Crippen MR) is 134 cm³/mol. The molecule has 2 aromatic carbocycles. The first kappa shape index (κ1) is 23.0. The van der Waals surface area contributed by atoms with Crippen LogP contribution in [-0.4, -0.2) is 45.0 Å². The van der Waals surface area contributed by atoms with Gasteiger partial charge in [0.1, 0.15) is 16.9 Å². The molecule has 0 aliphatic carbocycles. The normalized spacial score (nSPS) is 11.6. The molecule has 0 bridgehead atoms. The molecule has 9 heteroatoms. The number of ether oxygens (including phenoxy) is 1. The molecule has 2 aromatic heterocycles. The molecule has 34 heavy (non-hydrogen) atoms. The van der Waals surface area contributed by atoms with E-state index < -0.39 is 0 Å². The Kier molecular flexibility index (Phi) is 6.62. The Labute approximate surface area is 197 Å². The number of fused-ring (bicyclic) bond motifs is 2. The van der Waals surface area contributed by atoms with Crippen molar-refractivity contribution in [3.8, 4) is 11.5 Å². The number of carbonyl (C=O) groups excluding carboxylic acids is 1. The molecule has 4 aromatic rings. The number of rotatable bonds is 8. The zero-order valence-electron chi connectivity index (χ0n) is 19.4. The third-order valence-electron chi connectivity index (χ3n) is 5.31. The number of nitrogen functional groups attached to an aromatic ring is 1. The summed E-state index contributed by atoms with van der Waals surface area (Å²) in [5, 5.41) is 17.4. The van der Waals surface area contributed by atoms with Gasteiger partial charge in [-0.15, -0.1) is 0 Å². The van der Waals surface area contributed by atoms with Crippen molar-refractivity contribution in [1.82, 2.24) is 20.0 Å². The third-order valence-corrected chi connectivity index (χ3v) is 5.31. The number of aromatic hydroxyl groups is 1. The van der Waals surface area contributed by atoms with E-state index in [-0.39, 0.29) is 23.0 Å². The molecule has 9 nitrogen and oxygen atoms in total.